The molecule has 1 nitrogen and oxygen atoms in total. The van der Waals surface area contributed by atoms with Crippen LogP contribution >= 0.6 is 23.5 Å². The van der Waals surface area contributed by atoms with Crippen molar-refractivity contribution < 1.29 is 4.79 Å². The molecule has 2 atom stereocenters. The summed E-state index contributed by atoms with van der Waals surface area (Å²) in [7, 11) is 0. The molecule has 1 aliphatic rings. The van der Waals surface area contributed by atoms with Crippen LogP contribution in [0.4, 0.5) is 0 Å². The first-order valence-electron chi connectivity index (χ1n) is 6.57. The first kappa shape index (κ1) is 14.0. The first-order valence-corrected chi connectivity index (χ1v) is 8.67. The van der Waals surface area contributed by atoms with E-state index in [1.165, 1.54) is 11.3 Å². The SMILES string of the molecule is CC1SCCSC1C(=O)CCCc1ccccc1. The summed E-state index contributed by atoms with van der Waals surface area (Å²) in [5.74, 6) is 2.78. The number of hydrogen-bond acceptors (Lipinski definition) is 3. The first-order chi connectivity index (χ1) is 8.77. The van der Waals surface area contributed by atoms with E-state index >= 15 is 0 Å². The van der Waals surface area contributed by atoms with E-state index in [2.05, 4.69) is 31.2 Å². The van der Waals surface area contributed by atoms with Crippen molar-refractivity contribution >= 4 is 29.3 Å². The normalized spacial score (nSPS) is 23.8. The zero-order valence-corrected chi connectivity index (χ0v) is 12.4. The van der Waals surface area contributed by atoms with Gasteiger partial charge in [0, 0.05) is 23.2 Å². The third-order valence-corrected chi connectivity index (χ3v) is 6.38. The lowest BCUT2D eigenvalue weighted by molar-refractivity contribution is -0.118. The fourth-order valence-corrected chi connectivity index (χ4v) is 5.01. The molecule has 1 aliphatic heterocycles. The van der Waals surface area contributed by atoms with Gasteiger partial charge < -0.3 is 0 Å². The van der Waals surface area contributed by atoms with Gasteiger partial charge in [-0.05, 0) is 18.4 Å². The molecular formula is C15H20OS2. The number of carbonyl (C=O) groups is 1. The number of carbonyl (C=O) groups excluding carboxylic acids is 1. The fourth-order valence-electron chi connectivity index (χ4n) is 2.24. The van der Waals surface area contributed by atoms with Crippen LogP contribution in [0, 0.1) is 0 Å². The van der Waals surface area contributed by atoms with E-state index < -0.39 is 0 Å². The molecule has 1 saturated heterocycles. The van der Waals surface area contributed by atoms with E-state index in [0.717, 1.165) is 25.0 Å². The van der Waals surface area contributed by atoms with Crippen LogP contribution in [0.15, 0.2) is 30.3 Å². The summed E-state index contributed by atoms with van der Waals surface area (Å²) in [5, 5.41) is 0.729. The molecule has 0 spiro atoms. The van der Waals surface area contributed by atoms with Crippen molar-refractivity contribution in [2.24, 2.45) is 0 Å². The number of hydrogen-bond donors (Lipinski definition) is 0. The molecule has 2 rings (SSSR count). The smallest absolute Gasteiger partial charge is 0.146 e. The lowest BCUT2D eigenvalue weighted by Crippen LogP contribution is -2.31. The molecule has 1 aromatic rings. The predicted molar refractivity (Wildman–Crippen MR) is 82.6 cm³/mol. The van der Waals surface area contributed by atoms with Crippen molar-refractivity contribution in [3.63, 3.8) is 0 Å². The van der Waals surface area contributed by atoms with Crippen LogP contribution in [0.1, 0.15) is 25.3 Å². The Kier molecular flexibility index (Phi) is 5.64. The average Bonchev–Trinajstić information content (AvgIpc) is 2.40. The summed E-state index contributed by atoms with van der Waals surface area (Å²) >= 11 is 3.80. The molecule has 0 bridgehead atoms. The van der Waals surface area contributed by atoms with Gasteiger partial charge in [0.25, 0.3) is 0 Å². The molecule has 1 fully saturated rings. The minimum absolute atomic E-state index is 0.236. The van der Waals surface area contributed by atoms with E-state index in [9.17, 15) is 4.79 Å². The van der Waals surface area contributed by atoms with Crippen molar-refractivity contribution in [3.8, 4) is 0 Å². The molecule has 0 amide bonds. The Morgan fingerprint density at radius 3 is 2.67 bits per heavy atom. The molecule has 0 saturated carbocycles. The third-order valence-electron chi connectivity index (χ3n) is 3.24. The van der Waals surface area contributed by atoms with Gasteiger partial charge >= 0.3 is 0 Å². The summed E-state index contributed by atoms with van der Waals surface area (Å²) in [6.07, 6.45) is 2.74. The Morgan fingerprint density at radius 1 is 1.22 bits per heavy atom. The highest BCUT2D eigenvalue weighted by atomic mass is 32.2. The van der Waals surface area contributed by atoms with Gasteiger partial charge in [0.1, 0.15) is 5.78 Å². The van der Waals surface area contributed by atoms with Crippen molar-refractivity contribution in [2.75, 3.05) is 11.5 Å². The van der Waals surface area contributed by atoms with Gasteiger partial charge in [-0.1, -0.05) is 37.3 Å². The molecule has 18 heavy (non-hydrogen) atoms. The fraction of sp³-hybridized carbons (Fsp3) is 0.533. The molecule has 1 aromatic carbocycles. The highest BCUT2D eigenvalue weighted by Gasteiger charge is 2.28. The van der Waals surface area contributed by atoms with Crippen LogP contribution in [-0.2, 0) is 11.2 Å². The predicted octanol–water partition coefficient (Wildman–Crippen LogP) is 3.82. The van der Waals surface area contributed by atoms with Crippen LogP contribution in [0.2, 0.25) is 0 Å². The number of rotatable bonds is 5. The van der Waals surface area contributed by atoms with Crippen LogP contribution in [0.25, 0.3) is 0 Å². The Labute approximate surface area is 118 Å². The van der Waals surface area contributed by atoms with Gasteiger partial charge in [-0.2, -0.15) is 11.8 Å². The summed E-state index contributed by atoms with van der Waals surface area (Å²) in [6.45, 7) is 2.19. The number of Topliss-reactive ketones (excluding diaryl/α,β-unsaturated/α-hetero) is 1. The second-order valence-electron chi connectivity index (χ2n) is 4.67. The van der Waals surface area contributed by atoms with E-state index in [1.54, 1.807) is 0 Å². The van der Waals surface area contributed by atoms with Gasteiger partial charge in [0.2, 0.25) is 0 Å². The second kappa shape index (κ2) is 7.25. The Hall–Kier alpha value is -0.410. The maximum Gasteiger partial charge on any atom is 0.146 e. The molecule has 2 unspecified atom stereocenters. The molecule has 98 valence electrons. The lowest BCUT2D eigenvalue weighted by atomic mass is 10.0. The van der Waals surface area contributed by atoms with Crippen molar-refractivity contribution in [1.29, 1.82) is 0 Å². The summed E-state index contributed by atoms with van der Waals surface area (Å²) in [6, 6.07) is 10.4. The van der Waals surface area contributed by atoms with Crippen molar-refractivity contribution in [2.45, 2.75) is 36.7 Å². The minimum atomic E-state index is 0.236. The average molecular weight is 280 g/mol. The van der Waals surface area contributed by atoms with Crippen molar-refractivity contribution in [3.05, 3.63) is 35.9 Å². The molecule has 0 N–H and O–H groups in total. The number of ketones is 1. The van der Waals surface area contributed by atoms with Crippen LogP contribution in [0.5, 0.6) is 0 Å². The third kappa shape index (κ3) is 4.06. The van der Waals surface area contributed by atoms with Gasteiger partial charge in [-0.3, -0.25) is 4.79 Å². The van der Waals surface area contributed by atoms with E-state index in [0.29, 0.717) is 11.0 Å². The Balaban J connectivity index is 1.74. The quantitative estimate of drug-likeness (QED) is 0.816. The highest BCUT2D eigenvalue weighted by Crippen LogP contribution is 2.32. The number of aryl methyl sites for hydroxylation is 1. The minimum Gasteiger partial charge on any atom is -0.298 e. The van der Waals surface area contributed by atoms with Crippen LogP contribution < -0.4 is 0 Å². The second-order valence-corrected chi connectivity index (χ2v) is 7.41. The molecule has 0 aliphatic carbocycles. The Bertz CT molecular complexity index is 377. The van der Waals surface area contributed by atoms with Crippen LogP contribution in [0.3, 0.4) is 0 Å². The maximum atomic E-state index is 12.2. The van der Waals surface area contributed by atoms with Gasteiger partial charge in [0.15, 0.2) is 0 Å². The summed E-state index contributed by atoms with van der Waals surface area (Å²) < 4.78 is 0. The van der Waals surface area contributed by atoms with Gasteiger partial charge in [-0.15, -0.1) is 11.8 Å². The molecule has 0 radical (unpaired) electrons. The maximum absolute atomic E-state index is 12.2. The molecule has 1 heterocycles. The highest BCUT2D eigenvalue weighted by molar-refractivity contribution is 8.07. The molecular weight excluding hydrogens is 260 g/mol. The zero-order valence-electron chi connectivity index (χ0n) is 10.8. The summed E-state index contributed by atoms with van der Waals surface area (Å²) in [5.41, 5.74) is 1.34. The van der Waals surface area contributed by atoms with Crippen molar-refractivity contribution in [1.82, 2.24) is 0 Å². The standard InChI is InChI=1S/C15H20OS2/c1-12-15(18-11-10-17-12)14(16)9-5-8-13-6-3-2-4-7-13/h2-4,6-7,12,15H,5,8-11H2,1H3. The molecule has 0 aromatic heterocycles. The van der Waals surface area contributed by atoms with Gasteiger partial charge in [-0.25, -0.2) is 0 Å². The zero-order chi connectivity index (χ0) is 12.8. The van der Waals surface area contributed by atoms with Crippen LogP contribution in [-0.4, -0.2) is 27.8 Å². The number of benzene rings is 1. The lowest BCUT2D eigenvalue weighted by Gasteiger charge is -2.26. The van der Waals surface area contributed by atoms with E-state index in [-0.39, 0.29) is 5.25 Å². The van der Waals surface area contributed by atoms with E-state index in [1.807, 2.05) is 29.6 Å². The monoisotopic (exact) mass is 280 g/mol. The number of thioether (sulfide) groups is 2. The van der Waals surface area contributed by atoms with Gasteiger partial charge in [0.05, 0.1) is 5.25 Å². The summed E-state index contributed by atoms with van der Waals surface area (Å²) in [4.78, 5) is 12.2. The largest absolute Gasteiger partial charge is 0.298 e. The topological polar surface area (TPSA) is 17.1 Å². The van der Waals surface area contributed by atoms with E-state index in [4.69, 9.17) is 0 Å². The Morgan fingerprint density at radius 2 is 1.94 bits per heavy atom. The molecule has 3 heteroatoms.